The van der Waals surface area contributed by atoms with Gasteiger partial charge in [0.25, 0.3) is 0 Å². The fourth-order valence-electron chi connectivity index (χ4n) is 0.946. The van der Waals surface area contributed by atoms with Gasteiger partial charge in [0.15, 0.2) is 11.9 Å². The highest BCUT2D eigenvalue weighted by atomic mass is 31.2. The van der Waals surface area contributed by atoms with Gasteiger partial charge in [-0.25, -0.2) is 0 Å². The topological polar surface area (TPSA) is 93.1 Å². The Bertz CT molecular complexity index is 430. The van der Waals surface area contributed by atoms with E-state index >= 15 is 0 Å². The summed E-state index contributed by atoms with van der Waals surface area (Å²) in [5.41, 5.74) is 0.706. The van der Waals surface area contributed by atoms with E-state index in [0.717, 1.165) is 0 Å². The largest absolute Gasteiger partial charge is 0.481 e. The molecule has 2 N–H and O–H groups in total. The molecule has 1 aromatic rings. The summed E-state index contributed by atoms with van der Waals surface area (Å²) in [4.78, 5) is 23.9. The number of aryl methyl sites for hydroxylation is 1. The number of hydrogen-bond donors (Lipinski definition) is 2. The van der Waals surface area contributed by atoms with Crippen LogP contribution in [0.5, 0.6) is 5.75 Å². The van der Waals surface area contributed by atoms with Gasteiger partial charge < -0.3 is 14.9 Å². The zero-order valence-corrected chi connectivity index (χ0v) is 9.39. The molecule has 0 radical (unpaired) electrons. The first-order valence-corrected chi connectivity index (χ1v) is 6.12. The monoisotopic (exact) mass is 246 g/mol. The lowest BCUT2D eigenvalue weighted by atomic mass is 10.2. The van der Waals surface area contributed by atoms with Crippen LogP contribution in [0.15, 0.2) is 24.3 Å². The molecular formula is C9H11O6P. The summed E-state index contributed by atoms with van der Waals surface area (Å²) >= 11 is 0. The van der Waals surface area contributed by atoms with Crippen molar-refractivity contribution >= 4 is 13.6 Å². The van der Waals surface area contributed by atoms with Crippen LogP contribution >= 0.6 is 7.60 Å². The summed E-state index contributed by atoms with van der Waals surface area (Å²) in [6.07, 6.45) is -1.00. The van der Waals surface area contributed by atoms with Crippen LogP contribution in [0.3, 0.4) is 0 Å². The van der Waals surface area contributed by atoms with Crippen molar-refractivity contribution < 1.29 is 28.9 Å². The van der Waals surface area contributed by atoms with E-state index < -0.39 is 19.7 Å². The molecule has 0 bridgehead atoms. The molecule has 0 fully saturated rings. The Morgan fingerprint density at radius 2 is 2.06 bits per heavy atom. The first-order valence-electron chi connectivity index (χ1n) is 4.36. The minimum Gasteiger partial charge on any atom is -0.481 e. The van der Waals surface area contributed by atoms with Crippen LogP contribution < -0.4 is 4.89 Å². The van der Waals surface area contributed by atoms with E-state index in [0.29, 0.717) is 5.56 Å². The van der Waals surface area contributed by atoms with Gasteiger partial charge in [-0.05, 0) is 18.6 Å². The summed E-state index contributed by atoms with van der Waals surface area (Å²) in [6, 6.07) is 6.68. The van der Waals surface area contributed by atoms with Crippen molar-refractivity contribution in [3.63, 3.8) is 0 Å². The normalized spacial score (nSPS) is 14.1. The van der Waals surface area contributed by atoms with E-state index in [2.05, 4.69) is 9.56 Å². The van der Waals surface area contributed by atoms with Gasteiger partial charge in [0.05, 0.1) is 0 Å². The molecule has 7 heteroatoms. The van der Waals surface area contributed by atoms with E-state index in [1.165, 1.54) is 6.07 Å². The third kappa shape index (κ3) is 4.02. The quantitative estimate of drug-likeness (QED) is 0.465. The number of para-hydroxylation sites is 1. The second kappa shape index (κ2) is 5.12. The lowest BCUT2D eigenvalue weighted by Gasteiger charge is -2.10. The lowest BCUT2D eigenvalue weighted by Crippen LogP contribution is -2.07. The van der Waals surface area contributed by atoms with Crippen LogP contribution in [0.4, 0.5) is 0 Å². The average Bonchev–Trinajstić information content (AvgIpc) is 2.14. The first-order chi connectivity index (χ1) is 7.41. The zero-order valence-electron chi connectivity index (χ0n) is 8.49. The first kappa shape index (κ1) is 12.7. The average molecular weight is 246 g/mol. The molecule has 0 spiro atoms. The molecule has 0 heterocycles. The van der Waals surface area contributed by atoms with Gasteiger partial charge in [0, 0.05) is 0 Å². The minimum absolute atomic E-state index is 0.266. The Labute approximate surface area is 91.9 Å². The molecule has 0 saturated carbocycles. The number of rotatable bonds is 5. The highest BCUT2D eigenvalue weighted by Gasteiger charge is 2.26. The van der Waals surface area contributed by atoms with Crippen LogP contribution in [0.1, 0.15) is 5.56 Å². The van der Waals surface area contributed by atoms with Crippen LogP contribution in [-0.2, 0) is 14.0 Å². The van der Waals surface area contributed by atoms with Gasteiger partial charge in [0.2, 0.25) is 0 Å². The van der Waals surface area contributed by atoms with E-state index in [-0.39, 0.29) is 5.75 Å². The van der Waals surface area contributed by atoms with E-state index in [1.807, 2.05) is 0 Å². The van der Waals surface area contributed by atoms with Crippen molar-refractivity contribution in [1.29, 1.82) is 0 Å². The van der Waals surface area contributed by atoms with Gasteiger partial charge in [-0.1, -0.05) is 22.9 Å². The molecule has 0 aliphatic heterocycles. The van der Waals surface area contributed by atoms with Gasteiger partial charge >= 0.3 is 13.6 Å². The Kier molecular flexibility index (Phi) is 4.06. The SMILES string of the molecule is Cc1ccccc1OOP(=O)(O)CC(=O)O. The summed E-state index contributed by atoms with van der Waals surface area (Å²) in [5, 5.41) is 8.33. The molecule has 1 rings (SSSR count). The third-order valence-corrected chi connectivity index (χ3v) is 2.65. The van der Waals surface area contributed by atoms with Gasteiger partial charge in [-0.3, -0.25) is 9.36 Å². The van der Waals surface area contributed by atoms with Crippen LogP contribution in [0.25, 0.3) is 0 Å². The zero-order chi connectivity index (χ0) is 12.2. The number of carbonyl (C=O) groups is 1. The molecule has 1 aromatic carbocycles. The maximum absolute atomic E-state index is 11.1. The second-order valence-electron chi connectivity index (χ2n) is 3.11. The Hall–Kier alpha value is -1.36. The number of carboxylic acid groups (broad SMARTS) is 1. The summed E-state index contributed by atoms with van der Waals surface area (Å²) in [7, 11) is -4.26. The van der Waals surface area contributed by atoms with E-state index in [1.54, 1.807) is 25.1 Å². The fourth-order valence-corrected chi connectivity index (χ4v) is 1.54. The van der Waals surface area contributed by atoms with E-state index in [4.69, 9.17) is 10.00 Å². The van der Waals surface area contributed by atoms with Crippen molar-refractivity contribution in [3.8, 4) is 5.75 Å². The fraction of sp³-hybridized carbons (Fsp3) is 0.222. The molecule has 1 unspecified atom stereocenters. The Morgan fingerprint density at radius 1 is 1.44 bits per heavy atom. The lowest BCUT2D eigenvalue weighted by molar-refractivity contribution is -0.136. The second-order valence-corrected chi connectivity index (χ2v) is 4.85. The molecule has 1 atom stereocenters. The van der Waals surface area contributed by atoms with Crippen LogP contribution in [0.2, 0.25) is 0 Å². The maximum atomic E-state index is 11.1. The number of aliphatic carboxylic acids is 1. The third-order valence-electron chi connectivity index (χ3n) is 1.67. The number of carboxylic acids is 1. The summed E-state index contributed by atoms with van der Waals surface area (Å²) in [6.45, 7) is 1.72. The maximum Gasteiger partial charge on any atom is 0.377 e. The van der Waals surface area contributed by atoms with Gasteiger partial charge in [-0.2, -0.15) is 0 Å². The molecule has 88 valence electrons. The molecule has 0 saturated heterocycles. The van der Waals surface area contributed by atoms with Crippen molar-refractivity contribution in [1.82, 2.24) is 0 Å². The Balaban J connectivity index is 2.61. The minimum atomic E-state index is -4.26. The number of benzene rings is 1. The summed E-state index contributed by atoms with van der Waals surface area (Å²) < 4.78 is 15.4. The molecular weight excluding hydrogens is 235 g/mol. The molecule has 16 heavy (non-hydrogen) atoms. The molecule has 0 aromatic heterocycles. The smallest absolute Gasteiger partial charge is 0.377 e. The number of hydrogen-bond acceptors (Lipinski definition) is 4. The predicted octanol–water partition coefficient (Wildman–Crippen LogP) is 1.58. The molecule has 0 aliphatic rings. The van der Waals surface area contributed by atoms with E-state index in [9.17, 15) is 9.36 Å². The van der Waals surface area contributed by atoms with Gasteiger partial charge in [0.1, 0.15) is 0 Å². The van der Waals surface area contributed by atoms with Crippen molar-refractivity contribution in [2.75, 3.05) is 6.16 Å². The molecule has 0 amide bonds. The Morgan fingerprint density at radius 3 is 2.62 bits per heavy atom. The molecule has 6 nitrogen and oxygen atoms in total. The highest BCUT2D eigenvalue weighted by Crippen LogP contribution is 2.42. The van der Waals surface area contributed by atoms with Crippen molar-refractivity contribution in [2.24, 2.45) is 0 Å². The van der Waals surface area contributed by atoms with Crippen LogP contribution in [0, 0.1) is 6.92 Å². The van der Waals surface area contributed by atoms with Crippen molar-refractivity contribution in [2.45, 2.75) is 6.92 Å². The predicted molar refractivity (Wildman–Crippen MR) is 55.2 cm³/mol. The van der Waals surface area contributed by atoms with Crippen LogP contribution in [-0.4, -0.2) is 22.1 Å². The molecule has 0 aliphatic carbocycles. The standard InChI is InChI=1S/C9H11O6P/c1-7-4-2-3-5-8(7)14-15-16(12,13)6-9(10)11/h2-5H,6H2,1H3,(H,10,11)(H,12,13). The van der Waals surface area contributed by atoms with Gasteiger partial charge in [-0.15, -0.1) is 0 Å². The highest BCUT2D eigenvalue weighted by molar-refractivity contribution is 7.53. The summed E-state index contributed by atoms with van der Waals surface area (Å²) in [5.74, 6) is -1.17. The van der Waals surface area contributed by atoms with Crippen molar-refractivity contribution in [3.05, 3.63) is 29.8 Å².